The predicted molar refractivity (Wildman–Crippen MR) is 82.0 cm³/mol. The fraction of sp³-hybridized carbons (Fsp3) is 0.278. The second-order valence-electron chi connectivity index (χ2n) is 5.55. The van der Waals surface area contributed by atoms with Crippen molar-refractivity contribution in [2.24, 2.45) is 0 Å². The first-order valence-electron chi connectivity index (χ1n) is 7.11. The molecular weight excluding hydrogens is 246 g/mol. The van der Waals surface area contributed by atoms with Crippen molar-refractivity contribution in [3.8, 4) is 0 Å². The van der Waals surface area contributed by atoms with Crippen LogP contribution in [0.1, 0.15) is 23.6 Å². The van der Waals surface area contributed by atoms with Gasteiger partial charge in [0, 0.05) is 11.7 Å². The molecule has 1 aliphatic heterocycles. The summed E-state index contributed by atoms with van der Waals surface area (Å²) in [5, 5.41) is 0. The summed E-state index contributed by atoms with van der Waals surface area (Å²) in [6.45, 7) is 4.18. The zero-order valence-electron chi connectivity index (χ0n) is 12.0. The van der Waals surface area contributed by atoms with Gasteiger partial charge in [0.15, 0.2) is 0 Å². The van der Waals surface area contributed by atoms with E-state index in [0.29, 0.717) is 6.42 Å². The van der Waals surface area contributed by atoms with E-state index in [2.05, 4.69) is 32.0 Å². The Morgan fingerprint density at radius 1 is 1.15 bits per heavy atom. The van der Waals surface area contributed by atoms with Crippen molar-refractivity contribution in [2.45, 2.75) is 32.7 Å². The van der Waals surface area contributed by atoms with Gasteiger partial charge in [0.05, 0.1) is 6.42 Å². The quantitative estimate of drug-likeness (QED) is 0.813. The smallest absolute Gasteiger partial charge is 0.231 e. The highest BCUT2D eigenvalue weighted by molar-refractivity contribution is 5.97. The Hall–Kier alpha value is -2.09. The zero-order valence-corrected chi connectivity index (χ0v) is 12.0. The van der Waals surface area contributed by atoms with E-state index in [1.54, 1.807) is 0 Å². The van der Waals surface area contributed by atoms with Crippen LogP contribution >= 0.6 is 0 Å². The summed E-state index contributed by atoms with van der Waals surface area (Å²) in [7, 11) is 0. The minimum Gasteiger partial charge on any atom is -0.309 e. The molecule has 2 aromatic carbocycles. The number of hydrogen-bond donors (Lipinski definition) is 0. The molecule has 2 nitrogen and oxygen atoms in total. The number of fused-ring (bicyclic) bond motifs is 1. The molecule has 0 saturated heterocycles. The lowest BCUT2D eigenvalue weighted by Crippen LogP contribution is -2.36. The molecule has 1 heterocycles. The Morgan fingerprint density at radius 2 is 1.85 bits per heavy atom. The van der Waals surface area contributed by atoms with Gasteiger partial charge in [-0.3, -0.25) is 4.79 Å². The number of hydrogen-bond acceptors (Lipinski definition) is 1. The van der Waals surface area contributed by atoms with Gasteiger partial charge in [-0.2, -0.15) is 0 Å². The van der Waals surface area contributed by atoms with Gasteiger partial charge in [-0.1, -0.05) is 42.5 Å². The molecule has 0 bridgehead atoms. The maximum atomic E-state index is 12.7. The number of nitrogens with zero attached hydrogens (tertiary/aromatic N) is 1. The molecule has 0 fully saturated rings. The first-order valence-corrected chi connectivity index (χ1v) is 7.11. The molecular formula is C18H19NO. The zero-order chi connectivity index (χ0) is 14.1. The number of anilines is 1. The van der Waals surface area contributed by atoms with Gasteiger partial charge in [0.2, 0.25) is 5.91 Å². The third-order valence-corrected chi connectivity index (χ3v) is 4.08. The molecule has 2 aromatic rings. The molecule has 0 spiro atoms. The van der Waals surface area contributed by atoms with E-state index in [9.17, 15) is 4.79 Å². The van der Waals surface area contributed by atoms with Crippen molar-refractivity contribution in [3.05, 3.63) is 65.2 Å². The number of carbonyl (C=O) groups is 1. The van der Waals surface area contributed by atoms with Gasteiger partial charge in [-0.15, -0.1) is 0 Å². The lowest BCUT2D eigenvalue weighted by Gasteiger charge is -2.23. The maximum Gasteiger partial charge on any atom is 0.231 e. The van der Waals surface area contributed by atoms with Crippen LogP contribution in [-0.4, -0.2) is 11.9 Å². The summed E-state index contributed by atoms with van der Waals surface area (Å²) in [6.07, 6.45) is 1.43. The molecule has 102 valence electrons. The monoisotopic (exact) mass is 265 g/mol. The van der Waals surface area contributed by atoms with E-state index < -0.39 is 0 Å². The molecule has 2 heteroatoms. The van der Waals surface area contributed by atoms with Gasteiger partial charge in [-0.25, -0.2) is 0 Å². The third-order valence-electron chi connectivity index (χ3n) is 4.08. The average molecular weight is 265 g/mol. The lowest BCUT2D eigenvalue weighted by molar-refractivity contribution is -0.118. The number of amides is 1. The summed E-state index contributed by atoms with van der Waals surface area (Å²) in [6, 6.07) is 16.6. The van der Waals surface area contributed by atoms with Crippen molar-refractivity contribution >= 4 is 11.6 Å². The second-order valence-corrected chi connectivity index (χ2v) is 5.55. The SMILES string of the molecule is Cc1ccccc1CC(=O)N1c2ccccc2C[C@H]1C. The first-order chi connectivity index (χ1) is 9.66. The van der Waals surface area contributed by atoms with Crippen LogP contribution in [0.15, 0.2) is 48.5 Å². The van der Waals surface area contributed by atoms with E-state index in [-0.39, 0.29) is 11.9 Å². The molecule has 0 radical (unpaired) electrons. The standard InChI is InChI=1S/C18H19NO/c1-13-7-3-4-8-15(13)12-18(20)19-14(2)11-16-9-5-6-10-17(16)19/h3-10,14H,11-12H2,1-2H3/t14-/m1/s1. The van der Waals surface area contributed by atoms with E-state index in [1.165, 1.54) is 11.1 Å². The maximum absolute atomic E-state index is 12.7. The van der Waals surface area contributed by atoms with Crippen LogP contribution in [0.5, 0.6) is 0 Å². The summed E-state index contributed by atoms with van der Waals surface area (Å²) in [5.74, 6) is 0.191. The number of para-hydroxylation sites is 1. The fourth-order valence-electron chi connectivity index (χ4n) is 3.00. The van der Waals surface area contributed by atoms with Crippen LogP contribution in [0.4, 0.5) is 5.69 Å². The number of carbonyl (C=O) groups excluding carboxylic acids is 1. The molecule has 1 aliphatic rings. The van der Waals surface area contributed by atoms with Crippen molar-refractivity contribution in [1.29, 1.82) is 0 Å². The number of aryl methyl sites for hydroxylation is 1. The Labute approximate surface area is 120 Å². The Kier molecular flexibility index (Phi) is 3.31. The van der Waals surface area contributed by atoms with E-state index in [0.717, 1.165) is 17.7 Å². The van der Waals surface area contributed by atoms with Crippen molar-refractivity contribution in [3.63, 3.8) is 0 Å². The van der Waals surface area contributed by atoms with E-state index in [1.807, 2.05) is 35.2 Å². The third kappa shape index (κ3) is 2.22. The molecule has 0 saturated carbocycles. The minimum atomic E-state index is 0.191. The van der Waals surface area contributed by atoms with Crippen LogP contribution in [-0.2, 0) is 17.6 Å². The van der Waals surface area contributed by atoms with Crippen molar-refractivity contribution in [2.75, 3.05) is 4.90 Å². The molecule has 0 aromatic heterocycles. The van der Waals surface area contributed by atoms with Gasteiger partial charge >= 0.3 is 0 Å². The second kappa shape index (κ2) is 5.12. The Bertz CT molecular complexity index is 647. The highest BCUT2D eigenvalue weighted by Gasteiger charge is 2.30. The lowest BCUT2D eigenvalue weighted by atomic mass is 10.1. The van der Waals surface area contributed by atoms with Gasteiger partial charge in [0.1, 0.15) is 0 Å². The van der Waals surface area contributed by atoms with Gasteiger partial charge in [0.25, 0.3) is 0 Å². The highest BCUT2D eigenvalue weighted by Crippen LogP contribution is 2.32. The Balaban J connectivity index is 1.86. The first kappa shape index (κ1) is 12.9. The summed E-state index contributed by atoms with van der Waals surface area (Å²) in [4.78, 5) is 14.6. The molecule has 20 heavy (non-hydrogen) atoms. The fourth-order valence-corrected chi connectivity index (χ4v) is 3.00. The summed E-state index contributed by atoms with van der Waals surface area (Å²) < 4.78 is 0. The van der Waals surface area contributed by atoms with Crippen LogP contribution in [0, 0.1) is 6.92 Å². The van der Waals surface area contributed by atoms with Gasteiger partial charge in [-0.05, 0) is 43.0 Å². The summed E-state index contributed by atoms with van der Waals surface area (Å²) in [5.41, 5.74) is 4.66. The summed E-state index contributed by atoms with van der Waals surface area (Å²) >= 11 is 0. The van der Waals surface area contributed by atoms with E-state index >= 15 is 0 Å². The van der Waals surface area contributed by atoms with Crippen LogP contribution in [0.3, 0.4) is 0 Å². The Morgan fingerprint density at radius 3 is 2.65 bits per heavy atom. The highest BCUT2D eigenvalue weighted by atomic mass is 16.2. The molecule has 1 amide bonds. The van der Waals surface area contributed by atoms with E-state index in [4.69, 9.17) is 0 Å². The molecule has 0 N–H and O–H groups in total. The molecule has 0 unspecified atom stereocenters. The van der Waals surface area contributed by atoms with Crippen LogP contribution in [0.2, 0.25) is 0 Å². The molecule has 3 rings (SSSR count). The van der Waals surface area contributed by atoms with Crippen molar-refractivity contribution < 1.29 is 4.79 Å². The minimum absolute atomic E-state index is 0.191. The molecule has 0 aliphatic carbocycles. The van der Waals surface area contributed by atoms with Crippen LogP contribution in [0.25, 0.3) is 0 Å². The van der Waals surface area contributed by atoms with Crippen molar-refractivity contribution in [1.82, 2.24) is 0 Å². The topological polar surface area (TPSA) is 20.3 Å². The van der Waals surface area contributed by atoms with Gasteiger partial charge < -0.3 is 4.90 Å². The predicted octanol–water partition coefficient (Wildman–Crippen LogP) is 3.52. The molecule has 1 atom stereocenters. The van der Waals surface area contributed by atoms with Crippen LogP contribution < -0.4 is 4.90 Å². The number of rotatable bonds is 2. The average Bonchev–Trinajstić information content (AvgIpc) is 2.77. The largest absolute Gasteiger partial charge is 0.309 e. The number of benzene rings is 2. The normalized spacial score (nSPS) is 17.1.